The quantitative estimate of drug-likeness (QED) is 0.468. The van der Waals surface area contributed by atoms with Crippen LogP contribution in [0.5, 0.6) is 0 Å². The molecule has 0 aromatic heterocycles. The van der Waals surface area contributed by atoms with Gasteiger partial charge in [0.1, 0.15) is 0 Å². The van der Waals surface area contributed by atoms with Gasteiger partial charge in [0.05, 0.1) is 5.83 Å². The van der Waals surface area contributed by atoms with Gasteiger partial charge in [0.15, 0.2) is 0 Å². The van der Waals surface area contributed by atoms with Gasteiger partial charge in [-0.2, -0.15) is 0 Å². The van der Waals surface area contributed by atoms with Crippen LogP contribution in [0, 0.1) is 17.8 Å². The second kappa shape index (κ2) is 1.59. The highest BCUT2D eigenvalue weighted by atomic mass is 19.1. The van der Waals surface area contributed by atoms with E-state index in [1.165, 1.54) is 0 Å². The lowest BCUT2D eigenvalue weighted by atomic mass is 10.1. The highest BCUT2D eigenvalue weighted by Crippen LogP contribution is 2.53. The van der Waals surface area contributed by atoms with Crippen molar-refractivity contribution in [1.82, 2.24) is 0 Å². The zero-order valence-corrected chi connectivity index (χ0v) is 5.60. The van der Waals surface area contributed by atoms with Crippen LogP contribution in [0.1, 0.15) is 19.8 Å². The highest BCUT2D eigenvalue weighted by molar-refractivity contribution is 5.14. The van der Waals surface area contributed by atoms with Crippen molar-refractivity contribution in [3.63, 3.8) is 0 Å². The van der Waals surface area contributed by atoms with Crippen molar-refractivity contribution in [1.29, 1.82) is 0 Å². The molecule has 0 aliphatic heterocycles. The smallest absolute Gasteiger partial charge is 0.0962 e. The monoisotopic (exact) mass is 126 g/mol. The van der Waals surface area contributed by atoms with Gasteiger partial charge in [0.25, 0.3) is 0 Å². The van der Waals surface area contributed by atoms with Crippen LogP contribution in [0.4, 0.5) is 4.39 Å². The molecule has 0 spiro atoms. The molecule has 1 fully saturated rings. The molecular weight excluding hydrogens is 115 g/mol. The van der Waals surface area contributed by atoms with Crippen LogP contribution < -0.4 is 0 Å². The second-order valence-corrected chi connectivity index (χ2v) is 3.25. The fourth-order valence-electron chi connectivity index (χ4n) is 1.91. The number of allylic oxidation sites excluding steroid dienone is 2. The Labute approximate surface area is 54.8 Å². The molecule has 3 unspecified atom stereocenters. The summed E-state index contributed by atoms with van der Waals surface area (Å²) >= 11 is 0. The summed E-state index contributed by atoms with van der Waals surface area (Å²) in [4.78, 5) is 0. The third-order valence-corrected chi connectivity index (χ3v) is 2.73. The molecule has 0 aromatic rings. The standard InChI is InChI=1S/C8H11F/c1-5-7-3-2-6(9)4-8(5)7/h4-5,7-8H,2-3H2,1H3. The lowest BCUT2D eigenvalue weighted by Gasteiger charge is -2.01. The second-order valence-electron chi connectivity index (χ2n) is 3.25. The van der Waals surface area contributed by atoms with E-state index in [1.807, 2.05) is 6.08 Å². The van der Waals surface area contributed by atoms with Crippen LogP contribution in [-0.2, 0) is 0 Å². The minimum Gasteiger partial charge on any atom is -0.212 e. The Bertz CT molecular complexity index is 160. The molecule has 0 radical (unpaired) electrons. The number of hydrogen-bond donors (Lipinski definition) is 0. The molecule has 2 aliphatic rings. The number of fused-ring (bicyclic) bond motifs is 1. The van der Waals surface area contributed by atoms with E-state index >= 15 is 0 Å². The molecule has 0 aromatic carbocycles. The summed E-state index contributed by atoms with van der Waals surface area (Å²) in [6.45, 7) is 2.21. The first-order valence-electron chi connectivity index (χ1n) is 3.65. The molecule has 3 atom stereocenters. The third kappa shape index (κ3) is 0.707. The number of rotatable bonds is 0. The van der Waals surface area contributed by atoms with E-state index in [1.54, 1.807) is 0 Å². The van der Waals surface area contributed by atoms with Gasteiger partial charge < -0.3 is 0 Å². The van der Waals surface area contributed by atoms with E-state index in [9.17, 15) is 4.39 Å². The van der Waals surface area contributed by atoms with E-state index in [-0.39, 0.29) is 5.83 Å². The van der Waals surface area contributed by atoms with Crippen molar-refractivity contribution >= 4 is 0 Å². The Hall–Kier alpha value is -0.330. The van der Waals surface area contributed by atoms with Gasteiger partial charge in [0.2, 0.25) is 0 Å². The average molecular weight is 126 g/mol. The number of halogens is 1. The molecule has 0 bridgehead atoms. The van der Waals surface area contributed by atoms with Crippen LogP contribution in [0.3, 0.4) is 0 Å². The molecule has 0 nitrogen and oxygen atoms in total. The molecule has 2 rings (SSSR count). The van der Waals surface area contributed by atoms with Crippen molar-refractivity contribution in [3.05, 3.63) is 11.9 Å². The maximum atomic E-state index is 12.5. The van der Waals surface area contributed by atoms with E-state index in [4.69, 9.17) is 0 Å². The van der Waals surface area contributed by atoms with Crippen LogP contribution >= 0.6 is 0 Å². The SMILES string of the molecule is CC1C2C=C(F)CCC12. The summed E-state index contributed by atoms with van der Waals surface area (Å²) in [7, 11) is 0. The van der Waals surface area contributed by atoms with Crippen LogP contribution in [-0.4, -0.2) is 0 Å². The lowest BCUT2D eigenvalue weighted by Crippen LogP contribution is -1.89. The maximum Gasteiger partial charge on any atom is 0.0962 e. The summed E-state index contributed by atoms with van der Waals surface area (Å²) in [6, 6.07) is 0. The van der Waals surface area contributed by atoms with E-state index in [0.29, 0.717) is 12.3 Å². The Morgan fingerprint density at radius 2 is 2.44 bits per heavy atom. The number of hydrogen-bond acceptors (Lipinski definition) is 0. The highest BCUT2D eigenvalue weighted by Gasteiger charge is 2.46. The fraction of sp³-hybridized carbons (Fsp3) is 0.750. The Kier molecular flexibility index (Phi) is 0.961. The van der Waals surface area contributed by atoms with Crippen LogP contribution in [0.25, 0.3) is 0 Å². The van der Waals surface area contributed by atoms with Crippen molar-refractivity contribution in [3.8, 4) is 0 Å². The average Bonchev–Trinajstić information content (AvgIpc) is 2.43. The molecule has 0 amide bonds. The van der Waals surface area contributed by atoms with E-state index in [0.717, 1.165) is 18.3 Å². The predicted molar refractivity (Wildman–Crippen MR) is 34.6 cm³/mol. The lowest BCUT2D eigenvalue weighted by molar-refractivity contribution is 0.517. The molecule has 0 saturated heterocycles. The largest absolute Gasteiger partial charge is 0.212 e. The van der Waals surface area contributed by atoms with Gasteiger partial charge in [-0.1, -0.05) is 6.92 Å². The van der Waals surface area contributed by atoms with Crippen LogP contribution in [0.15, 0.2) is 11.9 Å². The summed E-state index contributed by atoms with van der Waals surface area (Å²) in [5.41, 5.74) is 0. The molecule has 9 heavy (non-hydrogen) atoms. The molecule has 0 heterocycles. The first kappa shape index (κ1) is 5.45. The molecule has 1 saturated carbocycles. The summed E-state index contributed by atoms with van der Waals surface area (Å²) in [5, 5.41) is 0. The molecule has 1 heteroatoms. The van der Waals surface area contributed by atoms with Crippen LogP contribution in [0.2, 0.25) is 0 Å². The molecule has 2 aliphatic carbocycles. The summed E-state index contributed by atoms with van der Waals surface area (Å²) in [5.74, 6) is 2.35. The van der Waals surface area contributed by atoms with E-state index < -0.39 is 0 Å². The fourth-order valence-corrected chi connectivity index (χ4v) is 1.91. The Balaban J connectivity index is 2.14. The van der Waals surface area contributed by atoms with Gasteiger partial charge in [-0.05, 0) is 36.7 Å². The summed E-state index contributed by atoms with van der Waals surface area (Å²) in [6.07, 6.45) is 3.61. The van der Waals surface area contributed by atoms with Crippen molar-refractivity contribution < 1.29 is 4.39 Å². The van der Waals surface area contributed by atoms with Gasteiger partial charge in [0, 0.05) is 0 Å². The van der Waals surface area contributed by atoms with Crippen molar-refractivity contribution in [2.75, 3.05) is 0 Å². The van der Waals surface area contributed by atoms with Crippen molar-refractivity contribution in [2.24, 2.45) is 17.8 Å². The summed E-state index contributed by atoms with van der Waals surface area (Å²) < 4.78 is 12.5. The molecule has 0 N–H and O–H groups in total. The molecule has 50 valence electrons. The minimum atomic E-state index is 0.126. The zero-order valence-electron chi connectivity index (χ0n) is 5.60. The van der Waals surface area contributed by atoms with Crippen molar-refractivity contribution in [2.45, 2.75) is 19.8 Å². The van der Waals surface area contributed by atoms with Gasteiger partial charge in [-0.15, -0.1) is 0 Å². The normalized spacial score (nSPS) is 47.8. The first-order valence-corrected chi connectivity index (χ1v) is 3.65. The topological polar surface area (TPSA) is 0 Å². The maximum absolute atomic E-state index is 12.5. The Morgan fingerprint density at radius 3 is 3.00 bits per heavy atom. The Morgan fingerprint density at radius 1 is 1.67 bits per heavy atom. The molecular formula is C8H11F. The third-order valence-electron chi connectivity index (χ3n) is 2.73. The van der Waals surface area contributed by atoms with Gasteiger partial charge in [-0.25, -0.2) is 4.39 Å². The van der Waals surface area contributed by atoms with E-state index in [2.05, 4.69) is 6.92 Å². The zero-order chi connectivity index (χ0) is 6.43. The first-order chi connectivity index (χ1) is 4.29. The van der Waals surface area contributed by atoms with Gasteiger partial charge in [-0.3, -0.25) is 0 Å². The predicted octanol–water partition coefficient (Wildman–Crippen LogP) is 2.52. The minimum absolute atomic E-state index is 0.126. The van der Waals surface area contributed by atoms with Gasteiger partial charge >= 0.3 is 0 Å².